The van der Waals surface area contributed by atoms with Gasteiger partial charge in [-0.15, -0.1) is 0 Å². The molecule has 0 aromatic heterocycles. The molecule has 0 aromatic carbocycles. The molecule has 0 radical (unpaired) electrons. The standard InChI is InChI=1S/C9H14Cl6N2O5/c10-8(11,12)5(18)21-3-1-16-7(20)17-2-4-22-6(19)9(13,14)15/h5-6,18-19H,1-4H2,(H2,16,17,20). The molecule has 0 fully saturated rings. The van der Waals surface area contributed by atoms with E-state index in [0.717, 1.165) is 0 Å². The van der Waals surface area contributed by atoms with Crippen LogP contribution in [-0.2, 0) is 9.47 Å². The van der Waals surface area contributed by atoms with Crippen molar-refractivity contribution in [2.24, 2.45) is 0 Å². The molecule has 2 atom stereocenters. The smallest absolute Gasteiger partial charge is 0.314 e. The van der Waals surface area contributed by atoms with Crippen LogP contribution < -0.4 is 10.6 Å². The van der Waals surface area contributed by atoms with Crippen LogP contribution in [0.15, 0.2) is 0 Å². The van der Waals surface area contributed by atoms with E-state index in [1.807, 2.05) is 0 Å². The number of carbonyl (C=O) groups is 1. The van der Waals surface area contributed by atoms with Gasteiger partial charge in [0.25, 0.3) is 0 Å². The summed E-state index contributed by atoms with van der Waals surface area (Å²) in [6.07, 6.45) is -3.22. The molecule has 0 heterocycles. The lowest BCUT2D eigenvalue weighted by Gasteiger charge is -2.19. The summed E-state index contributed by atoms with van der Waals surface area (Å²) in [7, 11) is 0. The monoisotopic (exact) mass is 440 g/mol. The van der Waals surface area contributed by atoms with Crippen LogP contribution in [0.1, 0.15) is 0 Å². The summed E-state index contributed by atoms with van der Waals surface area (Å²) in [4.78, 5) is 11.3. The SMILES string of the molecule is O=C(NCCOC(O)C(Cl)(Cl)Cl)NCCOC(O)C(Cl)(Cl)Cl. The molecule has 4 N–H and O–H groups in total. The van der Waals surface area contributed by atoms with E-state index in [9.17, 15) is 15.0 Å². The third kappa shape index (κ3) is 11.4. The molecule has 0 aliphatic heterocycles. The summed E-state index contributed by atoms with van der Waals surface area (Å²) in [6.45, 7) is -0.0432. The Morgan fingerprint density at radius 3 is 1.45 bits per heavy atom. The average molecular weight is 443 g/mol. The fourth-order valence-corrected chi connectivity index (χ4v) is 1.30. The molecule has 0 rings (SSSR count). The van der Waals surface area contributed by atoms with Gasteiger partial charge in [0.2, 0.25) is 20.2 Å². The Morgan fingerprint density at radius 2 is 1.18 bits per heavy atom. The van der Waals surface area contributed by atoms with Crippen molar-refractivity contribution in [1.82, 2.24) is 10.6 Å². The molecule has 0 saturated heterocycles. The van der Waals surface area contributed by atoms with Crippen molar-refractivity contribution in [3.8, 4) is 0 Å². The minimum absolute atomic E-state index is 0.0568. The Kier molecular flexibility index (Phi) is 11.1. The van der Waals surface area contributed by atoms with Crippen molar-refractivity contribution in [1.29, 1.82) is 0 Å². The van der Waals surface area contributed by atoms with Crippen LogP contribution in [-0.4, -0.2) is 62.7 Å². The summed E-state index contributed by atoms with van der Waals surface area (Å²) >= 11 is 32.2. The van der Waals surface area contributed by atoms with Gasteiger partial charge >= 0.3 is 6.03 Å². The van der Waals surface area contributed by atoms with E-state index in [1.54, 1.807) is 0 Å². The van der Waals surface area contributed by atoms with Crippen molar-refractivity contribution >= 4 is 75.6 Å². The van der Waals surface area contributed by atoms with Gasteiger partial charge in [0.1, 0.15) is 0 Å². The molecule has 0 aliphatic carbocycles. The van der Waals surface area contributed by atoms with Gasteiger partial charge in [-0.2, -0.15) is 0 Å². The lowest BCUT2D eigenvalue weighted by atomic mass is 10.6. The summed E-state index contributed by atoms with van der Waals surface area (Å²) in [5, 5.41) is 23.2. The van der Waals surface area contributed by atoms with Crippen LogP contribution in [0, 0.1) is 0 Å². The highest BCUT2D eigenvalue weighted by atomic mass is 35.6. The number of carbonyl (C=O) groups excluding carboxylic acids is 1. The maximum absolute atomic E-state index is 11.3. The Hall–Kier alpha value is 0.850. The van der Waals surface area contributed by atoms with Gasteiger partial charge in [-0.1, -0.05) is 69.6 Å². The first-order valence-corrected chi connectivity index (χ1v) is 7.96. The van der Waals surface area contributed by atoms with Crippen LogP contribution in [0.4, 0.5) is 4.79 Å². The van der Waals surface area contributed by atoms with E-state index in [4.69, 9.17) is 79.1 Å². The van der Waals surface area contributed by atoms with Crippen LogP contribution in [0.5, 0.6) is 0 Å². The first-order valence-electron chi connectivity index (χ1n) is 5.69. The predicted octanol–water partition coefficient (Wildman–Crippen LogP) is 1.70. The van der Waals surface area contributed by atoms with Gasteiger partial charge in [-0.05, 0) is 0 Å². The fraction of sp³-hybridized carbons (Fsp3) is 0.889. The van der Waals surface area contributed by atoms with Gasteiger partial charge in [-0.25, -0.2) is 4.79 Å². The Labute approximate surface area is 157 Å². The highest BCUT2D eigenvalue weighted by Gasteiger charge is 2.32. The molecule has 7 nitrogen and oxygen atoms in total. The quantitative estimate of drug-likeness (QED) is 0.260. The average Bonchev–Trinajstić information content (AvgIpc) is 2.36. The molecule has 2 amide bonds. The second-order valence-electron chi connectivity index (χ2n) is 3.71. The van der Waals surface area contributed by atoms with Gasteiger partial charge in [-0.3, -0.25) is 0 Å². The Morgan fingerprint density at radius 1 is 0.864 bits per heavy atom. The lowest BCUT2D eigenvalue weighted by molar-refractivity contribution is -0.0937. The molecule has 0 aliphatic rings. The second-order valence-corrected chi connectivity index (χ2v) is 8.45. The maximum Gasteiger partial charge on any atom is 0.314 e. The van der Waals surface area contributed by atoms with E-state index in [2.05, 4.69) is 10.6 Å². The van der Waals surface area contributed by atoms with Gasteiger partial charge in [0.05, 0.1) is 13.2 Å². The highest BCUT2D eigenvalue weighted by Crippen LogP contribution is 2.31. The topological polar surface area (TPSA) is 100 Å². The highest BCUT2D eigenvalue weighted by molar-refractivity contribution is 6.68. The van der Waals surface area contributed by atoms with Crippen molar-refractivity contribution in [3.63, 3.8) is 0 Å². The number of urea groups is 1. The number of ether oxygens (including phenoxy) is 2. The van der Waals surface area contributed by atoms with Crippen LogP contribution in [0.2, 0.25) is 0 Å². The van der Waals surface area contributed by atoms with E-state index in [1.165, 1.54) is 0 Å². The van der Waals surface area contributed by atoms with Crippen molar-refractivity contribution < 1.29 is 24.5 Å². The zero-order valence-electron chi connectivity index (χ0n) is 10.9. The van der Waals surface area contributed by atoms with Crippen molar-refractivity contribution in [2.45, 2.75) is 20.2 Å². The number of hydrogen-bond donors (Lipinski definition) is 4. The minimum atomic E-state index is -1.97. The number of amides is 2. The molecule has 0 saturated carbocycles. The summed E-state index contributed by atoms with van der Waals surface area (Å²) in [5.74, 6) is 0. The number of hydrogen-bond acceptors (Lipinski definition) is 5. The number of alkyl halides is 6. The minimum Gasteiger partial charge on any atom is -0.365 e. The van der Waals surface area contributed by atoms with E-state index < -0.39 is 26.2 Å². The first kappa shape index (κ1) is 22.9. The molecule has 22 heavy (non-hydrogen) atoms. The second kappa shape index (κ2) is 10.7. The van der Waals surface area contributed by atoms with Crippen LogP contribution in [0.25, 0.3) is 0 Å². The Balaban J connectivity index is 3.64. The molecule has 132 valence electrons. The van der Waals surface area contributed by atoms with Crippen molar-refractivity contribution in [2.75, 3.05) is 26.3 Å². The molecular formula is C9H14Cl6N2O5. The number of aliphatic hydroxyl groups is 2. The zero-order chi connectivity index (χ0) is 17.4. The molecular weight excluding hydrogens is 429 g/mol. The third-order valence-electron chi connectivity index (χ3n) is 1.89. The normalized spacial score (nSPS) is 15.3. The van der Waals surface area contributed by atoms with Gasteiger partial charge in [0.15, 0.2) is 0 Å². The van der Waals surface area contributed by atoms with E-state index in [-0.39, 0.29) is 26.3 Å². The summed E-state index contributed by atoms with van der Waals surface area (Å²) < 4.78 is 5.60. The van der Waals surface area contributed by atoms with Crippen LogP contribution >= 0.6 is 69.6 Å². The first-order chi connectivity index (χ1) is 9.94. The third-order valence-corrected chi connectivity index (χ3v) is 3.01. The molecule has 13 heteroatoms. The molecule has 0 spiro atoms. The fourth-order valence-electron chi connectivity index (χ4n) is 0.922. The molecule has 0 bridgehead atoms. The Bertz CT molecular complexity index is 307. The summed E-state index contributed by atoms with van der Waals surface area (Å²) in [6, 6.07) is -0.543. The number of aliphatic hydroxyl groups excluding tert-OH is 2. The van der Waals surface area contributed by atoms with E-state index >= 15 is 0 Å². The van der Waals surface area contributed by atoms with Crippen LogP contribution in [0.3, 0.4) is 0 Å². The van der Waals surface area contributed by atoms with Gasteiger partial charge < -0.3 is 30.3 Å². The van der Waals surface area contributed by atoms with Crippen molar-refractivity contribution in [3.05, 3.63) is 0 Å². The largest absolute Gasteiger partial charge is 0.365 e. The number of halogens is 6. The lowest BCUT2D eigenvalue weighted by Crippen LogP contribution is -2.40. The number of nitrogens with one attached hydrogen (secondary N) is 2. The molecule has 2 unspecified atom stereocenters. The molecule has 0 aromatic rings. The predicted molar refractivity (Wildman–Crippen MR) is 85.9 cm³/mol. The maximum atomic E-state index is 11.3. The summed E-state index contributed by atoms with van der Waals surface area (Å²) in [5.41, 5.74) is 0. The van der Waals surface area contributed by atoms with E-state index in [0.29, 0.717) is 0 Å². The number of rotatable bonds is 8. The van der Waals surface area contributed by atoms with Gasteiger partial charge in [0, 0.05) is 13.1 Å². The zero-order valence-corrected chi connectivity index (χ0v) is 15.4.